The molecule has 1 atom stereocenters. The average molecular weight is 419 g/mol. The van der Waals surface area contributed by atoms with E-state index in [9.17, 15) is 22.8 Å². The van der Waals surface area contributed by atoms with Crippen molar-refractivity contribution in [2.75, 3.05) is 18.6 Å². The summed E-state index contributed by atoms with van der Waals surface area (Å²) in [5.41, 5.74) is 0.133. The summed E-state index contributed by atoms with van der Waals surface area (Å²) in [6.45, 7) is 2.96. The zero-order chi connectivity index (χ0) is 20.6. The third kappa shape index (κ3) is 8.87. The molecule has 0 aliphatic rings. The number of halogens is 1. The zero-order valence-corrected chi connectivity index (χ0v) is 16.9. The standard InChI is InChI=1S/C17H23ClN2O6S/c1-11(2)19-15(21)10-26-17(23)14(8-9-27(3,24)25)20-16(22)12-6-4-5-7-13(12)18/h4-7,11,14H,8-10H2,1-3H3,(H,19,21)(H,20,22)/t14-/m0/s1. The van der Waals surface area contributed by atoms with Crippen LogP contribution in [0.5, 0.6) is 0 Å². The Morgan fingerprint density at radius 2 is 1.78 bits per heavy atom. The first-order valence-electron chi connectivity index (χ1n) is 8.18. The van der Waals surface area contributed by atoms with Gasteiger partial charge in [-0.2, -0.15) is 0 Å². The minimum atomic E-state index is -3.37. The first kappa shape index (κ1) is 22.9. The fourth-order valence-electron chi connectivity index (χ4n) is 2.06. The molecular weight excluding hydrogens is 396 g/mol. The molecule has 0 bridgehead atoms. The van der Waals surface area contributed by atoms with Gasteiger partial charge in [0.2, 0.25) is 0 Å². The van der Waals surface area contributed by atoms with E-state index in [4.69, 9.17) is 16.3 Å². The number of amides is 2. The second-order valence-corrected chi connectivity index (χ2v) is 8.92. The van der Waals surface area contributed by atoms with Crippen molar-refractivity contribution in [2.45, 2.75) is 32.4 Å². The fraction of sp³-hybridized carbons (Fsp3) is 0.471. The number of sulfone groups is 1. The molecule has 1 aromatic carbocycles. The van der Waals surface area contributed by atoms with E-state index in [1.54, 1.807) is 26.0 Å². The Hall–Kier alpha value is -2.13. The van der Waals surface area contributed by atoms with Crippen molar-refractivity contribution in [2.24, 2.45) is 0 Å². The van der Waals surface area contributed by atoms with Gasteiger partial charge in [-0.05, 0) is 32.4 Å². The second-order valence-electron chi connectivity index (χ2n) is 6.25. The van der Waals surface area contributed by atoms with Crippen molar-refractivity contribution in [3.05, 3.63) is 34.9 Å². The number of hydrogen-bond donors (Lipinski definition) is 2. The molecule has 0 aliphatic heterocycles. The molecule has 0 aliphatic carbocycles. The molecule has 0 fully saturated rings. The van der Waals surface area contributed by atoms with E-state index in [1.807, 2.05) is 0 Å². The maximum Gasteiger partial charge on any atom is 0.329 e. The quantitative estimate of drug-likeness (QED) is 0.576. The van der Waals surface area contributed by atoms with Gasteiger partial charge in [0.1, 0.15) is 15.9 Å². The molecule has 0 spiro atoms. The fourth-order valence-corrected chi connectivity index (χ4v) is 2.95. The molecule has 0 saturated heterocycles. The van der Waals surface area contributed by atoms with Crippen LogP contribution >= 0.6 is 11.6 Å². The van der Waals surface area contributed by atoms with Crippen LogP contribution in [0.4, 0.5) is 0 Å². The van der Waals surface area contributed by atoms with Crippen LogP contribution in [0.15, 0.2) is 24.3 Å². The van der Waals surface area contributed by atoms with Crippen LogP contribution in [0.1, 0.15) is 30.6 Å². The molecule has 0 aromatic heterocycles. The lowest BCUT2D eigenvalue weighted by atomic mass is 10.1. The van der Waals surface area contributed by atoms with Crippen LogP contribution in [-0.4, -0.2) is 56.9 Å². The van der Waals surface area contributed by atoms with Crippen LogP contribution in [0, 0.1) is 0 Å². The van der Waals surface area contributed by atoms with Crippen molar-refractivity contribution in [1.29, 1.82) is 0 Å². The lowest BCUT2D eigenvalue weighted by Crippen LogP contribution is -2.44. The molecule has 2 amide bonds. The van der Waals surface area contributed by atoms with Crippen LogP contribution in [0.3, 0.4) is 0 Å². The van der Waals surface area contributed by atoms with E-state index in [0.29, 0.717) is 0 Å². The molecule has 0 saturated carbocycles. The van der Waals surface area contributed by atoms with E-state index in [-0.39, 0.29) is 28.8 Å². The summed E-state index contributed by atoms with van der Waals surface area (Å²) in [5, 5.41) is 5.15. The van der Waals surface area contributed by atoms with Crippen LogP contribution < -0.4 is 10.6 Å². The highest BCUT2D eigenvalue weighted by molar-refractivity contribution is 7.90. The van der Waals surface area contributed by atoms with Crippen molar-refractivity contribution in [3.8, 4) is 0 Å². The number of ether oxygens (including phenoxy) is 1. The van der Waals surface area contributed by atoms with Crippen molar-refractivity contribution in [3.63, 3.8) is 0 Å². The Bertz CT molecular complexity index is 794. The van der Waals surface area contributed by atoms with Crippen LogP contribution in [-0.2, 0) is 24.2 Å². The van der Waals surface area contributed by atoms with E-state index < -0.39 is 40.3 Å². The molecule has 27 heavy (non-hydrogen) atoms. The minimum Gasteiger partial charge on any atom is -0.454 e. The third-order valence-corrected chi connectivity index (χ3v) is 4.59. The van der Waals surface area contributed by atoms with Gasteiger partial charge >= 0.3 is 5.97 Å². The van der Waals surface area contributed by atoms with Gasteiger partial charge < -0.3 is 15.4 Å². The molecule has 1 rings (SSSR count). The lowest BCUT2D eigenvalue weighted by molar-refractivity contribution is -0.150. The summed E-state index contributed by atoms with van der Waals surface area (Å²) in [4.78, 5) is 36.2. The summed E-state index contributed by atoms with van der Waals surface area (Å²) < 4.78 is 27.7. The summed E-state index contributed by atoms with van der Waals surface area (Å²) in [6, 6.07) is 4.85. The van der Waals surface area contributed by atoms with Gasteiger partial charge in [-0.1, -0.05) is 23.7 Å². The number of carbonyl (C=O) groups is 3. The van der Waals surface area contributed by atoms with Gasteiger partial charge in [-0.3, -0.25) is 9.59 Å². The number of benzene rings is 1. The molecule has 8 nitrogen and oxygen atoms in total. The van der Waals surface area contributed by atoms with E-state index in [2.05, 4.69) is 10.6 Å². The van der Waals surface area contributed by atoms with E-state index >= 15 is 0 Å². The normalized spacial score (nSPS) is 12.3. The average Bonchev–Trinajstić information content (AvgIpc) is 2.55. The Balaban J connectivity index is 2.82. The first-order chi connectivity index (χ1) is 12.5. The topological polar surface area (TPSA) is 119 Å². The maximum absolute atomic E-state index is 12.4. The number of esters is 1. The van der Waals surface area contributed by atoms with Crippen LogP contribution in [0.2, 0.25) is 5.02 Å². The molecule has 10 heteroatoms. The van der Waals surface area contributed by atoms with Crippen molar-refractivity contribution >= 4 is 39.2 Å². The Kier molecular flexibility index (Phi) is 8.71. The summed E-state index contributed by atoms with van der Waals surface area (Å²) in [6.07, 6.45) is 0.820. The van der Waals surface area contributed by atoms with Gasteiger partial charge in [0.25, 0.3) is 11.8 Å². The second kappa shape index (κ2) is 10.3. The molecule has 0 heterocycles. The Morgan fingerprint density at radius 1 is 1.15 bits per heavy atom. The molecular formula is C17H23ClN2O6S. The molecule has 150 valence electrons. The van der Waals surface area contributed by atoms with Gasteiger partial charge in [0.15, 0.2) is 6.61 Å². The minimum absolute atomic E-state index is 0.128. The maximum atomic E-state index is 12.4. The summed E-state index contributed by atoms with van der Waals surface area (Å²) in [5.74, 6) is -2.40. The van der Waals surface area contributed by atoms with E-state index in [0.717, 1.165) is 6.26 Å². The highest BCUT2D eigenvalue weighted by Gasteiger charge is 2.25. The molecule has 1 aromatic rings. The molecule has 0 unspecified atom stereocenters. The number of rotatable bonds is 9. The van der Waals surface area contributed by atoms with Gasteiger partial charge in [-0.25, -0.2) is 13.2 Å². The smallest absolute Gasteiger partial charge is 0.329 e. The van der Waals surface area contributed by atoms with Crippen molar-refractivity contribution < 1.29 is 27.5 Å². The molecule has 2 N–H and O–H groups in total. The Labute approximate surface area is 163 Å². The number of nitrogens with one attached hydrogen (secondary N) is 2. The monoisotopic (exact) mass is 418 g/mol. The van der Waals surface area contributed by atoms with Crippen LogP contribution in [0.25, 0.3) is 0 Å². The summed E-state index contributed by atoms with van der Waals surface area (Å²) >= 11 is 5.96. The zero-order valence-electron chi connectivity index (χ0n) is 15.3. The van der Waals surface area contributed by atoms with Crippen molar-refractivity contribution in [1.82, 2.24) is 10.6 Å². The predicted molar refractivity (Wildman–Crippen MR) is 101 cm³/mol. The largest absolute Gasteiger partial charge is 0.454 e. The SMILES string of the molecule is CC(C)NC(=O)COC(=O)[C@H](CCS(C)(=O)=O)NC(=O)c1ccccc1Cl. The number of carbonyl (C=O) groups excluding carboxylic acids is 3. The summed E-state index contributed by atoms with van der Waals surface area (Å²) in [7, 11) is -3.37. The predicted octanol–water partition coefficient (Wildman–Crippen LogP) is 0.941. The Morgan fingerprint density at radius 3 is 2.33 bits per heavy atom. The lowest BCUT2D eigenvalue weighted by Gasteiger charge is -2.18. The first-order valence-corrected chi connectivity index (χ1v) is 10.6. The van der Waals surface area contributed by atoms with Gasteiger partial charge in [0, 0.05) is 12.3 Å². The highest BCUT2D eigenvalue weighted by Crippen LogP contribution is 2.15. The number of hydrogen-bond acceptors (Lipinski definition) is 6. The highest BCUT2D eigenvalue weighted by atomic mass is 35.5. The van der Waals surface area contributed by atoms with E-state index in [1.165, 1.54) is 12.1 Å². The third-order valence-electron chi connectivity index (χ3n) is 3.28. The van der Waals surface area contributed by atoms with Gasteiger partial charge in [0.05, 0.1) is 16.3 Å². The van der Waals surface area contributed by atoms with Gasteiger partial charge in [-0.15, -0.1) is 0 Å². The molecule has 0 radical (unpaired) electrons.